The lowest BCUT2D eigenvalue weighted by Crippen LogP contribution is -2.46. The second-order valence-electron chi connectivity index (χ2n) is 14.7. The average molecular weight is 751 g/mol. The van der Waals surface area contributed by atoms with Crippen molar-refractivity contribution in [2.75, 3.05) is 69.3 Å². The molecule has 0 atom stereocenters. The first-order valence-corrected chi connectivity index (χ1v) is 20.1. The number of nitrogens with one attached hydrogen (secondary N) is 1. The molecule has 8 heteroatoms. The van der Waals surface area contributed by atoms with Crippen LogP contribution >= 0.6 is 0 Å². The van der Waals surface area contributed by atoms with E-state index in [2.05, 4.69) is 105 Å². The van der Waals surface area contributed by atoms with Crippen molar-refractivity contribution in [1.82, 2.24) is 20.2 Å². The number of allylic oxidation sites excluding steroid dienone is 2. The van der Waals surface area contributed by atoms with E-state index in [1.54, 1.807) is 18.7 Å². The van der Waals surface area contributed by atoms with Crippen LogP contribution in [-0.2, 0) is 6.54 Å². The summed E-state index contributed by atoms with van der Waals surface area (Å²) in [4.78, 5) is 16.2. The topological polar surface area (TPSA) is 77.0 Å². The third kappa shape index (κ3) is 11.8. The molecule has 0 unspecified atom stereocenters. The molecule has 1 aliphatic carbocycles. The van der Waals surface area contributed by atoms with Gasteiger partial charge in [0.25, 0.3) is 0 Å². The lowest BCUT2D eigenvalue weighted by molar-refractivity contribution is 0.250. The van der Waals surface area contributed by atoms with E-state index in [9.17, 15) is 5.11 Å². The number of anilines is 2. The van der Waals surface area contributed by atoms with Gasteiger partial charge in [0, 0.05) is 94.2 Å². The van der Waals surface area contributed by atoms with E-state index in [1.807, 2.05) is 60.9 Å². The fourth-order valence-corrected chi connectivity index (χ4v) is 7.33. The number of rotatable bonds is 5. The summed E-state index contributed by atoms with van der Waals surface area (Å²) in [6.07, 6.45) is 11.5. The molecule has 292 valence electrons. The van der Waals surface area contributed by atoms with Crippen molar-refractivity contribution in [3.63, 3.8) is 0 Å². The molecule has 4 heterocycles. The Hall–Kier alpha value is -5.44. The monoisotopic (exact) mass is 750 g/mol. The number of fused-ring (bicyclic) bond motifs is 2. The smallest absolute Gasteiger partial charge is 0.121 e. The number of aromatic nitrogens is 2. The fraction of sp³-hybridized carbons (Fsp3) is 0.333. The molecular formula is C48H58N6O2. The molecule has 2 N–H and O–H groups in total. The van der Waals surface area contributed by atoms with E-state index >= 15 is 0 Å². The number of phenolic OH excluding ortho intramolecular Hbond substituents is 1. The first-order valence-electron chi connectivity index (χ1n) is 20.1. The van der Waals surface area contributed by atoms with Crippen LogP contribution < -0.4 is 19.9 Å². The molecule has 9 rings (SSSR count). The van der Waals surface area contributed by atoms with Crippen LogP contribution in [0.5, 0.6) is 11.5 Å². The Labute approximate surface area is 333 Å². The Morgan fingerprint density at radius 3 is 1.82 bits per heavy atom. The van der Waals surface area contributed by atoms with E-state index in [-0.39, 0.29) is 0 Å². The van der Waals surface area contributed by atoms with Crippen LogP contribution in [0.4, 0.5) is 11.4 Å². The highest BCUT2D eigenvalue weighted by Gasteiger charge is 2.20. The second kappa shape index (κ2) is 21.0. The van der Waals surface area contributed by atoms with Gasteiger partial charge in [-0.05, 0) is 69.4 Å². The summed E-state index contributed by atoms with van der Waals surface area (Å²) in [5.74, 6) is 1.20. The zero-order valence-electron chi connectivity index (χ0n) is 33.4. The van der Waals surface area contributed by atoms with E-state index < -0.39 is 0 Å². The van der Waals surface area contributed by atoms with Gasteiger partial charge in [-0.25, -0.2) is 0 Å². The zero-order valence-corrected chi connectivity index (χ0v) is 33.4. The third-order valence-electron chi connectivity index (χ3n) is 10.4. The van der Waals surface area contributed by atoms with Crippen molar-refractivity contribution in [1.29, 1.82) is 0 Å². The van der Waals surface area contributed by atoms with Gasteiger partial charge in [-0.1, -0.05) is 90.0 Å². The van der Waals surface area contributed by atoms with Crippen LogP contribution in [0, 0.1) is 6.92 Å². The number of hydrogen-bond donors (Lipinski definition) is 2. The Balaban J connectivity index is 0.000000144. The molecule has 0 bridgehead atoms. The first kappa shape index (κ1) is 40.2. The molecule has 6 aromatic rings. The summed E-state index contributed by atoms with van der Waals surface area (Å²) in [5.41, 5.74) is 8.49. The summed E-state index contributed by atoms with van der Waals surface area (Å²) >= 11 is 0. The van der Waals surface area contributed by atoms with Crippen LogP contribution in [0.1, 0.15) is 43.7 Å². The Kier molecular flexibility index (Phi) is 15.1. The number of phenols is 1. The Bertz CT molecular complexity index is 2110. The van der Waals surface area contributed by atoms with E-state index in [1.165, 1.54) is 42.5 Å². The van der Waals surface area contributed by atoms with Crippen LogP contribution in [-0.4, -0.2) is 79.4 Å². The lowest BCUT2D eigenvalue weighted by atomic mass is 10.0. The third-order valence-corrected chi connectivity index (χ3v) is 10.4. The summed E-state index contributed by atoms with van der Waals surface area (Å²) in [6, 6.07) is 36.5. The normalized spacial score (nSPS) is 15.7. The number of nitrogens with zero attached hydrogens (tertiary/aromatic N) is 5. The summed E-state index contributed by atoms with van der Waals surface area (Å²) in [7, 11) is 1.71. The van der Waals surface area contributed by atoms with Crippen LogP contribution in [0.2, 0.25) is 0 Å². The largest absolute Gasteiger partial charge is 0.508 e. The standard InChI is InChI=1S/C20H21N3O.C14H17N3O.C7H12.C7H8/c24-18-13-17-7-4-8-21-20(17)19(14-18)23-11-9-22(10-12-23)15-16-5-2-1-3-6-16;1-18-12-9-11-3-2-4-16-14(11)13(10-12)17-7-5-15-6-8-17;2*1-7-5-3-2-4-6-7/h1-8,13-14,24H,9-12,15H2;2-4,9-10,15H,5-8H2,1H3;5H,2-4,6H2,1H3;2-6H,1H3. The van der Waals surface area contributed by atoms with Crippen molar-refractivity contribution in [3.8, 4) is 11.5 Å². The van der Waals surface area contributed by atoms with Gasteiger partial charge in [-0.15, -0.1) is 0 Å². The van der Waals surface area contributed by atoms with E-state index in [0.717, 1.165) is 92.1 Å². The van der Waals surface area contributed by atoms with Crippen molar-refractivity contribution in [3.05, 3.63) is 144 Å². The fourth-order valence-electron chi connectivity index (χ4n) is 7.33. The van der Waals surface area contributed by atoms with E-state index in [4.69, 9.17) is 4.74 Å². The van der Waals surface area contributed by atoms with Crippen molar-refractivity contribution in [2.24, 2.45) is 0 Å². The molecule has 4 aromatic carbocycles. The van der Waals surface area contributed by atoms with E-state index in [0.29, 0.717) is 5.75 Å². The molecule has 8 nitrogen and oxygen atoms in total. The maximum absolute atomic E-state index is 10.0. The van der Waals surface area contributed by atoms with Crippen molar-refractivity contribution < 1.29 is 9.84 Å². The molecule has 2 aromatic heterocycles. The number of pyridine rings is 2. The van der Waals surface area contributed by atoms with Gasteiger partial charge in [0.05, 0.1) is 29.5 Å². The number of hydrogen-bond acceptors (Lipinski definition) is 8. The van der Waals surface area contributed by atoms with Gasteiger partial charge >= 0.3 is 0 Å². The zero-order chi connectivity index (χ0) is 39.0. The van der Waals surface area contributed by atoms with Crippen LogP contribution in [0.15, 0.2) is 133 Å². The Morgan fingerprint density at radius 1 is 0.661 bits per heavy atom. The van der Waals surface area contributed by atoms with Crippen molar-refractivity contribution >= 4 is 33.2 Å². The highest BCUT2D eigenvalue weighted by molar-refractivity contribution is 5.93. The number of methoxy groups -OCH3 is 1. The van der Waals surface area contributed by atoms with Gasteiger partial charge < -0.3 is 25.0 Å². The minimum atomic E-state index is 0.303. The predicted molar refractivity (Wildman–Crippen MR) is 234 cm³/mol. The highest BCUT2D eigenvalue weighted by Crippen LogP contribution is 2.32. The van der Waals surface area contributed by atoms with Gasteiger partial charge in [0.2, 0.25) is 0 Å². The SMILES string of the molecule is CC1=CCCCC1.COc1cc(N2CCNCC2)c2ncccc2c1.Cc1ccccc1.Oc1cc(N2CCN(Cc3ccccc3)CC2)c2ncccc2c1. The molecule has 0 radical (unpaired) electrons. The lowest BCUT2D eigenvalue weighted by Gasteiger charge is -2.36. The van der Waals surface area contributed by atoms with Crippen LogP contribution in [0.3, 0.4) is 0 Å². The number of aromatic hydroxyl groups is 1. The second-order valence-corrected chi connectivity index (χ2v) is 14.7. The Morgan fingerprint density at radius 2 is 1.27 bits per heavy atom. The maximum atomic E-state index is 10.0. The molecule has 56 heavy (non-hydrogen) atoms. The average Bonchev–Trinajstić information content (AvgIpc) is 3.25. The maximum Gasteiger partial charge on any atom is 0.121 e. The number of ether oxygens (including phenoxy) is 1. The predicted octanol–water partition coefficient (Wildman–Crippen LogP) is 9.42. The quantitative estimate of drug-likeness (QED) is 0.169. The molecular weight excluding hydrogens is 693 g/mol. The van der Waals surface area contributed by atoms with Crippen LogP contribution in [0.25, 0.3) is 21.8 Å². The van der Waals surface area contributed by atoms with Gasteiger partial charge in [-0.3, -0.25) is 14.9 Å². The number of aryl methyl sites for hydroxylation is 1. The van der Waals surface area contributed by atoms with Crippen molar-refractivity contribution in [2.45, 2.75) is 46.1 Å². The van der Waals surface area contributed by atoms with Gasteiger partial charge in [-0.2, -0.15) is 0 Å². The molecule has 2 aliphatic heterocycles. The minimum absolute atomic E-state index is 0.303. The molecule has 0 saturated carbocycles. The minimum Gasteiger partial charge on any atom is -0.508 e. The molecule has 2 fully saturated rings. The first-order chi connectivity index (χ1) is 27.5. The molecule has 2 saturated heterocycles. The number of piperazine rings is 2. The summed E-state index contributed by atoms with van der Waals surface area (Å²) in [6.45, 7) is 13.3. The number of benzene rings is 4. The summed E-state index contributed by atoms with van der Waals surface area (Å²) < 4.78 is 5.38. The van der Waals surface area contributed by atoms with Gasteiger partial charge in [0.15, 0.2) is 0 Å². The molecule has 0 amide bonds. The summed E-state index contributed by atoms with van der Waals surface area (Å²) in [5, 5.41) is 15.5. The molecule has 3 aliphatic rings. The van der Waals surface area contributed by atoms with Gasteiger partial charge in [0.1, 0.15) is 11.5 Å². The highest BCUT2D eigenvalue weighted by atomic mass is 16.5. The molecule has 0 spiro atoms.